The van der Waals surface area contributed by atoms with Crippen molar-refractivity contribution in [2.24, 2.45) is 12.5 Å². The van der Waals surface area contributed by atoms with Gasteiger partial charge in [-0.2, -0.15) is 0 Å². The van der Waals surface area contributed by atoms with Crippen LogP contribution >= 0.6 is 0 Å². The van der Waals surface area contributed by atoms with Gasteiger partial charge in [-0.1, -0.05) is 6.07 Å². The maximum absolute atomic E-state index is 14.1. The molecule has 10 nitrogen and oxygen atoms in total. The number of aryl methyl sites for hydroxylation is 3. The number of carbonyl (C=O) groups excluding carboxylic acids is 2. The fourth-order valence-electron chi connectivity index (χ4n) is 7.82. The van der Waals surface area contributed by atoms with Crippen LogP contribution in [0.25, 0.3) is 11.1 Å². The number of nitrogens with zero attached hydrogens (tertiary/aromatic N) is 1. The molecule has 2 aromatic carbocycles. The first-order valence-electron chi connectivity index (χ1n) is 17.8. The van der Waals surface area contributed by atoms with Gasteiger partial charge in [-0.3, -0.25) is 9.59 Å². The van der Waals surface area contributed by atoms with Crippen LogP contribution in [0.5, 0.6) is 17.2 Å². The Balaban J connectivity index is 1.15. The van der Waals surface area contributed by atoms with Crippen molar-refractivity contribution in [1.29, 1.82) is 0 Å². The molecule has 2 amide bonds. The van der Waals surface area contributed by atoms with Crippen LogP contribution in [0.4, 0.5) is 9.18 Å². The molecular weight excluding hydrogens is 653 g/mol. The van der Waals surface area contributed by atoms with Crippen LogP contribution < -0.4 is 25.7 Å². The minimum absolute atomic E-state index is 0.00918. The number of halogens is 1. The van der Waals surface area contributed by atoms with Crippen molar-refractivity contribution in [2.75, 3.05) is 0 Å². The normalized spacial score (nSPS) is 24.1. The van der Waals surface area contributed by atoms with Gasteiger partial charge in [-0.15, -0.1) is 0 Å². The maximum Gasteiger partial charge on any atom is 0.408 e. The van der Waals surface area contributed by atoms with Gasteiger partial charge < -0.3 is 34.5 Å². The smallest absolute Gasteiger partial charge is 0.408 e. The Labute approximate surface area is 298 Å². The average Bonchev–Trinajstić information content (AvgIpc) is 2.97. The lowest BCUT2D eigenvalue weighted by atomic mass is 9.39. The van der Waals surface area contributed by atoms with Crippen molar-refractivity contribution in [3.8, 4) is 28.4 Å². The van der Waals surface area contributed by atoms with Crippen LogP contribution in [0.15, 0.2) is 47.4 Å². The zero-order valence-electron chi connectivity index (χ0n) is 30.9. The van der Waals surface area contributed by atoms with E-state index in [1.54, 1.807) is 53.1 Å². The Morgan fingerprint density at radius 1 is 0.922 bits per heavy atom. The van der Waals surface area contributed by atoms with Crippen LogP contribution in [-0.2, 0) is 22.2 Å². The molecule has 4 saturated carbocycles. The molecule has 0 unspecified atom stereocenters. The number of hydrogen-bond acceptors (Lipinski definition) is 7. The van der Waals surface area contributed by atoms with Gasteiger partial charge in [0.2, 0.25) is 5.91 Å². The van der Waals surface area contributed by atoms with E-state index in [4.69, 9.17) is 14.2 Å². The Morgan fingerprint density at radius 2 is 1.55 bits per heavy atom. The Morgan fingerprint density at radius 3 is 2.14 bits per heavy atom. The summed E-state index contributed by atoms with van der Waals surface area (Å²) in [6.07, 6.45) is 5.74. The first-order valence-corrected chi connectivity index (χ1v) is 17.8. The van der Waals surface area contributed by atoms with Crippen LogP contribution in [0, 0.1) is 25.1 Å². The van der Waals surface area contributed by atoms with E-state index in [1.807, 2.05) is 26.8 Å². The van der Waals surface area contributed by atoms with Crippen molar-refractivity contribution in [3.63, 3.8) is 0 Å². The van der Waals surface area contributed by atoms with Crippen LogP contribution in [0.3, 0.4) is 0 Å². The Kier molecular flexibility index (Phi) is 9.27. The van der Waals surface area contributed by atoms with Gasteiger partial charge in [0.15, 0.2) is 0 Å². The SMILES string of the molecule is Cc1cc(F)cc(C)c1Oc1ccc(C(C)(C)O)cc1-c1cn(C)c(=O)cc1OC1CCC(NC(=O)C23CC(NC(=O)OC(C)(C)C)(C2)C3)CC1. The third kappa shape index (κ3) is 7.64. The molecule has 3 aromatic rings. The third-order valence-electron chi connectivity index (χ3n) is 10.4. The molecule has 0 radical (unpaired) electrons. The Bertz CT molecular complexity index is 1870. The number of aromatic nitrogens is 1. The molecule has 11 heteroatoms. The fraction of sp³-hybridized carbons (Fsp3) is 0.525. The first kappa shape index (κ1) is 36.4. The van der Waals surface area contributed by atoms with Gasteiger partial charge in [0.25, 0.3) is 5.56 Å². The predicted octanol–water partition coefficient (Wildman–Crippen LogP) is 7.08. The molecular formula is C40H50FN3O7. The van der Waals surface area contributed by atoms with Crippen molar-refractivity contribution in [3.05, 3.63) is 75.5 Å². The molecule has 51 heavy (non-hydrogen) atoms. The summed E-state index contributed by atoms with van der Waals surface area (Å²) in [6.45, 7) is 12.4. The summed E-state index contributed by atoms with van der Waals surface area (Å²) in [5.74, 6) is 1.08. The molecule has 0 spiro atoms. The van der Waals surface area contributed by atoms with Gasteiger partial charge in [0.1, 0.15) is 28.7 Å². The van der Waals surface area contributed by atoms with E-state index in [0.29, 0.717) is 77.2 Å². The van der Waals surface area contributed by atoms with E-state index in [-0.39, 0.29) is 35.0 Å². The molecule has 0 atom stereocenters. The van der Waals surface area contributed by atoms with Crippen LogP contribution in [0.1, 0.15) is 96.3 Å². The number of rotatable bonds is 9. The maximum atomic E-state index is 14.1. The minimum atomic E-state index is -1.16. The molecule has 2 bridgehead atoms. The second kappa shape index (κ2) is 13.0. The summed E-state index contributed by atoms with van der Waals surface area (Å²) in [6, 6.07) is 9.71. The average molecular weight is 704 g/mol. The van der Waals surface area contributed by atoms with Crippen molar-refractivity contribution < 1.29 is 33.3 Å². The number of alkyl carbamates (subject to hydrolysis) is 1. The monoisotopic (exact) mass is 703 g/mol. The number of amides is 2. The number of carbonyl (C=O) groups is 2. The van der Waals surface area contributed by atoms with Crippen molar-refractivity contribution in [2.45, 2.75) is 122 Å². The van der Waals surface area contributed by atoms with E-state index >= 15 is 0 Å². The lowest BCUT2D eigenvalue weighted by molar-refractivity contribution is -0.180. The van der Waals surface area contributed by atoms with Crippen LogP contribution in [0.2, 0.25) is 0 Å². The van der Waals surface area contributed by atoms with E-state index in [2.05, 4.69) is 10.6 Å². The highest BCUT2D eigenvalue weighted by molar-refractivity contribution is 5.88. The van der Waals surface area contributed by atoms with Crippen molar-refractivity contribution >= 4 is 12.0 Å². The second-order valence-electron chi connectivity index (χ2n) is 16.5. The number of ether oxygens (including phenoxy) is 3. The molecule has 4 aliphatic rings. The van der Waals surface area contributed by atoms with Gasteiger partial charge in [0, 0.05) is 42.0 Å². The summed E-state index contributed by atoms with van der Waals surface area (Å²) in [5, 5.41) is 17.1. The number of aliphatic hydroxyl groups is 1. The van der Waals surface area contributed by atoms with Crippen LogP contribution in [-0.4, -0.2) is 45.0 Å². The summed E-state index contributed by atoms with van der Waals surface area (Å²) >= 11 is 0. The molecule has 1 aromatic heterocycles. The fourth-order valence-corrected chi connectivity index (χ4v) is 7.82. The van der Waals surface area contributed by atoms with Gasteiger partial charge >= 0.3 is 6.09 Å². The molecule has 274 valence electrons. The highest BCUT2D eigenvalue weighted by Crippen LogP contribution is 2.67. The topological polar surface area (TPSA) is 128 Å². The zero-order chi connectivity index (χ0) is 37.1. The first-order chi connectivity index (χ1) is 23.7. The minimum Gasteiger partial charge on any atom is -0.490 e. The lowest BCUT2D eigenvalue weighted by Crippen LogP contribution is -2.78. The van der Waals surface area contributed by atoms with Crippen molar-refractivity contribution in [1.82, 2.24) is 15.2 Å². The number of nitrogens with one attached hydrogen (secondary N) is 2. The quantitative estimate of drug-likeness (QED) is 0.217. The van der Waals surface area contributed by atoms with E-state index in [9.17, 15) is 23.9 Å². The molecule has 7 rings (SSSR count). The number of benzene rings is 2. The Hall–Kier alpha value is -4.38. The van der Waals surface area contributed by atoms with Gasteiger partial charge in [0.05, 0.1) is 17.1 Å². The molecule has 4 fully saturated rings. The standard InChI is InChI=1S/C40H50FN3O7/c1-23-15-26(41)16-24(2)34(23)50-31-14-9-25(38(6,7)48)17-29(31)30-19-44(8)33(45)18-32(30)49-28-12-10-27(11-13-28)42-35(46)39-20-40(21-39,22-39)43-36(47)51-37(3,4)5/h9,14-19,27-28,48H,10-13,20-22H2,1-8H3,(H,42,46)(H,43,47). The largest absolute Gasteiger partial charge is 0.490 e. The number of hydrogen-bond donors (Lipinski definition) is 3. The molecule has 0 aliphatic heterocycles. The number of pyridine rings is 1. The molecule has 4 aliphatic carbocycles. The second-order valence-corrected chi connectivity index (χ2v) is 16.5. The molecule has 0 saturated heterocycles. The lowest BCUT2D eigenvalue weighted by Gasteiger charge is -2.69. The predicted molar refractivity (Wildman–Crippen MR) is 192 cm³/mol. The summed E-state index contributed by atoms with van der Waals surface area (Å²) in [7, 11) is 1.67. The zero-order valence-corrected chi connectivity index (χ0v) is 30.9. The molecule has 3 N–H and O–H groups in total. The van der Waals surface area contributed by atoms with Gasteiger partial charge in [-0.05, 0) is 134 Å². The molecule has 1 heterocycles. The van der Waals surface area contributed by atoms with E-state index in [1.165, 1.54) is 22.8 Å². The summed E-state index contributed by atoms with van der Waals surface area (Å²) in [4.78, 5) is 38.5. The highest BCUT2D eigenvalue weighted by atomic mass is 19.1. The van der Waals surface area contributed by atoms with Gasteiger partial charge in [-0.25, -0.2) is 9.18 Å². The highest BCUT2D eigenvalue weighted by Gasteiger charge is 2.72. The summed E-state index contributed by atoms with van der Waals surface area (Å²) in [5.41, 5.74) is 0.397. The van der Waals surface area contributed by atoms with E-state index in [0.717, 1.165) is 12.8 Å². The van der Waals surface area contributed by atoms with E-state index < -0.39 is 22.7 Å². The summed E-state index contributed by atoms with van der Waals surface area (Å²) < 4.78 is 34.0. The third-order valence-corrected chi connectivity index (χ3v) is 10.4.